The molecular weight excluding hydrogens is 280 g/mol. The van der Waals surface area contributed by atoms with E-state index in [1.165, 1.54) is 12.7 Å². The van der Waals surface area contributed by atoms with Crippen molar-refractivity contribution in [2.45, 2.75) is 33.4 Å². The first-order valence-electron chi connectivity index (χ1n) is 7.75. The molecule has 22 heavy (non-hydrogen) atoms. The largest absolute Gasteiger partial charge is 0.481 e. The molecule has 5 nitrogen and oxygen atoms in total. The maximum Gasteiger partial charge on any atom is 0.343 e. The SMILES string of the molecule is COC(=O)COc1c(C)cc(CN2CCNC(C)C2)cc1C. The van der Waals surface area contributed by atoms with Gasteiger partial charge in [-0.25, -0.2) is 4.79 Å². The Kier molecular flexibility index (Phi) is 5.80. The van der Waals surface area contributed by atoms with Crippen LogP contribution in [-0.4, -0.2) is 50.3 Å². The van der Waals surface area contributed by atoms with Crippen LogP contribution in [0.1, 0.15) is 23.6 Å². The van der Waals surface area contributed by atoms with Crippen LogP contribution in [0.25, 0.3) is 0 Å². The van der Waals surface area contributed by atoms with Gasteiger partial charge in [0, 0.05) is 32.2 Å². The van der Waals surface area contributed by atoms with Crippen LogP contribution in [-0.2, 0) is 16.1 Å². The number of carbonyl (C=O) groups is 1. The van der Waals surface area contributed by atoms with Crippen molar-refractivity contribution in [2.75, 3.05) is 33.4 Å². The molecular formula is C17H26N2O3. The van der Waals surface area contributed by atoms with E-state index in [1.54, 1.807) is 0 Å². The number of rotatable bonds is 5. The molecule has 0 aliphatic carbocycles. The first-order valence-corrected chi connectivity index (χ1v) is 7.75. The molecule has 1 aromatic carbocycles. The second-order valence-electron chi connectivity index (χ2n) is 6.01. The molecule has 0 radical (unpaired) electrons. The Morgan fingerprint density at radius 2 is 2.05 bits per heavy atom. The van der Waals surface area contributed by atoms with Gasteiger partial charge in [-0.2, -0.15) is 0 Å². The van der Waals surface area contributed by atoms with E-state index >= 15 is 0 Å². The van der Waals surface area contributed by atoms with Crippen molar-refractivity contribution in [2.24, 2.45) is 0 Å². The smallest absolute Gasteiger partial charge is 0.343 e. The standard InChI is InChI=1S/C17H26N2O3/c1-12-7-15(10-19-6-5-18-14(3)9-19)8-13(2)17(12)22-11-16(20)21-4/h7-8,14,18H,5-6,9-11H2,1-4H3. The molecule has 1 heterocycles. The maximum atomic E-state index is 11.2. The first-order chi connectivity index (χ1) is 10.5. The Morgan fingerprint density at radius 3 is 2.64 bits per heavy atom. The predicted octanol–water partition coefficient (Wildman–Crippen LogP) is 1.65. The zero-order valence-corrected chi connectivity index (χ0v) is 13.9. The number of hydrogen-bond donors (Lipinski definition) is 1. The van der Waals surface area contributed by atoms with Crippen LogP contribution in [0.3, 0.4) is 0 Å². The Labute approximate surface area is 132 Å². The zero-order valence-electron chi connectivity index (χ0n) is 13.9. The summed E-state index contributed by atoms with van der Waals surface area (Å²) in [6, 6.07) is 4.83. The van der Waals surface area contributed by atoms with E-state index in [0.29, 0.717) is 6.04 Å². The summed E-state index contributed by atoms with van der Waals surface area (Å²) in [5, 5.41) is 3.46. The van der Waals surface area contributed by atoms with E-state index in [0.717, 1.165) is 43.1 Å². The lowest BCUT2D eigenvalue weighted by Crippen LogP contribution is -2.48. The van der Waals surface area contributed by atoms with Crippen molar-refractivity contribution in [3.05, 3.63) is 28.8 Å². The molecule has 5 heteroatoms. The zero-order chi connectivity index (χ0) is 16.1. The Bertz CT molecular complexity index is 508. The third kappa shape index (κ3) is 4.45. The average Bonchev–Trinajstić information content (AvgIpc) is 2.46. The molecule has 0 spiro atoms. The summed E-state index contributed by atoms with van der Waals surface area (Å²) < 4.78 is 10.2. The predicted molar refractivity (Wildman–Crippen MR) is 86.2 cm³/mol. The normalized spacial score (nSPS) is 19.0. The van der Waals surface area contributed by atoms with Crippen LogP contribution in [0.5, 0.6) is 5.75 Å². The lowest BCUT2D eigenvalue weighted by molar-refractivity contribution is -0.142. The number of aryl methyl sites for hydroxylation is 2. The van der Waals surface area contributed by atoms with Gasteiger partial charge in [0.05, 0.1) is 7.11 Å². The molecule has 1 fully saturated rings. The minimum absolute atomic E-state index is 0.0488. The van der Waals surface area contributed by atoms with Gasteiger partial charge in [-0.15, -0.1) is 0 Å². The van der Waals surface area contributed by atoms with E-state index in [9.17, 15) is 4.79 Å². The monoisotopic (exact) mass is 306 g/mol. The van der Waals surface area contributed by atoms with Gasteiger partial charge in [-0.3, -0.25) is 4.90 Å². The number of esters is 1. The number of hydrogen-bond acceptors (Lipinski definition) is 5. The Hall–Kier alpha value is -1.59. The number of piperazine rings is 1. The number of carbonyl (C=O) groups excluding carboxylic acids is 1. The second-order valence-corrected chi connectivity index (χ2v) is 6.01. The molecule has 1 saturated heterocycles. The fourth-order valence-corrected chi connectivity index (χ4v) is 2.96. The summed E-state index contributed by atoms with van der Waals surface area (Å²) in [4.78, 5) is 13.7. The van der Waals surface area contributed by atoms with Crippen LogP contribution in [0.4, 0.5) is 0 Å². The van der Waals surface area contributed by atoms with Gasteiger partial charge in [0.2, 0.25) is 0 Å². The van der Waals surface area contributed by atoms with Gasteiger partial charge in [-0.1, -0.05) is 12.1 Å². The van der Waals surface area contributed by atoms with E-state index < -0.39 is 0 Å². The van der Waals surface area contributed by atoms with Crippen molar-refractivity contribution in [1.29, 1.82) is 0 Å². The van der Waals surface area contributed by atoms with Crippen molar-refractivity contribution >= 4 is 5.97 Å². The van der Waals surface area contributed by atoms with Crippen LogP contribution in [0.15, 0.2) is 12.1 Å². The molecule has 0 aromatic heterocycles. The molecule has 1 unspecified atom stereocenters. The van der Waals surface area contributed by atoms with Gasteiger partial charge < -0.3 is 14.8 Å². The van der Waals surface area contributed by atoms with Crippen molar-refractivity contribution in [1.82, 2.24) is 10.2 Å². The summed E-state index contributed by atoms with van der Waals surface area (Å²) in [6.45, 7) is 10.3. The van der Waals surface area contributed by atoms with Gasteiger partial charge in [0.1, 0.15) is 5.75 Å². The molecule has 0 saturated carbocycles. The number of nitrogens with one attached hydrogen (secondary N) is 1. The highest BCUT2D eigenvalue weighted by Gasteiger charge is 2.16. The highest BCUT2D eigenvalue weighted by molar-refractivity contribution is 5.71. The molecule has 1 aliphatic heterocycles. The molecule has 2 rings (SSSR count). The highest BCUT2D eigenvalue weighted by atomic mass is 16.6. The van der Waals surface area contributed by atoms with E-state index in [-0.39, 0.29) is 12.6 Å². The van der Waals surface area contributed by atoms with Crippen molar-refractivity contribution in [3.8, 4) is 5.75 Å². The fourth-order valence-electron chi connectivity index (χ4n) is 2.96. The summed E-state index contributed by atoms with van der Waals surface area (Å²) >= 11 is 0. The Morgan fingerprint density at radius 1 is 1.36 bits per heavy atom. The average molecular weight is 306 g/mol. The highest BCUT2D eigenvalue weighted by Crippen LogP contribution is 2.25. The van der Waals surface area contributed by atoms with Crippen LogP contribution in [0, 0.1) is 13.8 Å². The van der Waals surface area contributed by atoms with Crippen LogP contribution in [0.2, 0.25) is 0 Å². The summed E-state index contributed by atoms with van der Waals surface area (Å²) in [7, 11) is 1.36. The topological polar surface area (TPSA) is 50.8 Å². The third-order valence-corrected chi connectivity index (χ3v) is 3.94. The van der Waals surface area contributed by atoms with Crippen molar-refractivity contribution < 1.29 is 14.3 Å². The number of ether oxygens (including phenoxy) is 2. The van der Waals surface area contributed by atoms with Crippen molar-refractivity contribution in [3.63, 3.8) is 0 Å². The van der Waals surface area contributed by atoms with Gasteiger partial charge in [-0.05, 0) is 37.5 Å². The lowest BCUT2D eigenvalue weighted by atomic mass is 10.0. The minimum Gasteiger partial charge on any atom is -0.481 e. The van der Waals surface area contributed by atoms with Crippen LogP contribution < -0.4 is 10.1 Å². The molecule has 1 N–H and O–H groups in total. The molecule has 1 aliphatic rings. The first kappa shape index (κ1) is 16.8. The summed E-state index contributed by atoms with van der Waals surface area (Å²) in [6.07, 6.45) is 0. The molecule has 0 bridgehead atoms. The van der Waals surface area contributed by atoms with E-state index in [2.05, 4.69) is 34.0 Å². The molecule has 1 aromatic rings. The van der Waals surface area contributed by atoms with E-state index in [1.807, 2.05) is 13.8 Å². The number of nitrogens with zero attached hydrogens (tertiary/aromatic N) is 1. The summed E-state index contributed by atoms with van der Waals surface area (Å²) in [5.41, 5.74) is 3.40. The third-order valence-electron chi connectivity index (χ3n) is 3.94. The van der Waals surface area contributed by atoms with Gasteiger partial charge in [0.15, 0.2) is 6.61 Å². The Balaban J connectivity index is 2.03. The molecule has 0 amide bonds. The van der Waals surface area contributed by atoms with E-state index in [4.69, 9.17) is 4.74 Å². The van der Waals surface area contributed by atoms with Gasteiger partial charge in [0.25, 0.3) is 0 Å². The maximum absolute atomic E-state index is 11.2. The quantitative estimate of drug-likeness (QED) is 0.838. The number of benzene rings is 1. The molecule has 1 atom stereocenters. The minimum atomic E-state index is -0.363. The fraction of sp³-hybridized carbons (Fsp3) is 0.588. The number of methoxy groups -OCH3 is 1. The lowest BCUT2D eigenvalue weighted by Gasteiger charge is -2.32. The second kappa shape index (κ2) is 7.61. The van der Waals surface area contributed by atoms with Gasteiger partial charge >= 0.3 is 5.97 Å². The summed E-state index contributed by atoms with van der Waals surface area (Å²) in [5.74, 6) is 0.417. The molecule has 122 valence electrons. The van der Waals surface area contributed by atoms with Crippen LogP contribution >= 0.6 is 0 Å².